The Morgan fingerprint density at radius 3 is 2.73 bits per heavy atom. The van der Waals surface area contributed by atoms with E-state index in [4.69, 9.17) is 9.84 Å². The van der Waals surface area contributed by atoms with Gasteiger partial charge in [0.15, 0.2) is 0 Å². The molecule has 1 amide bonds. The van der Waals surface area contributed by atoms with Crippen LogP contribution >= 0.6 is 11.3 Å². The minimum Gasteiger partial charge on any atom is -0.491 e. The number of alkyl halides is 3. The first-order valence-corrected chi connectivity index (χ1v) is 8.37. The van der Waals surface area contributed by atoms with Crippen LogP contribution in [0.15, 0.2) is 29.8 Å². The molecule has 0 saturated heterocycles. The quantitative estimate of drug-likeness (QED) is 0.819. The van der Waals surface area contributed by atoms with Crippen molar-refractivity contribution in [2.24, 2.45) is 0 Å². The number of carbonyl (C=O) groups is 2. The first-order valence-electron chi connectivity index (χ1n) is 7.49. The number of thiazole rings is 1. The maximum Gasteiger partial charge on any atom is 0.416 e. The summed E-state index contributed by atoms with van der Waals surface area (Å²) in [4.78, 5) is 28.7. The molecule has 138 valence electrons. The molecule has 0 saturated carbocycles. The molecule has 0 aliphatic carbocycles. The first-order chi connectivity index (χ1) is 12.2. The Hall–Kier alpha value is -2.62. The number of aliphatic carboxylic acids is 1. The summed E-state index contributed by atoms with van der Waals surface area (Å²) in [6.45, 7) is 1.48. The molecular weight excluding hydrogens is 373 g/mol. The highest BCUT2D eigenvalue weighted by Gasteiger charge is 2.40. The molecule has 26 heavy (non-hydrogen) atoms. The molecule has 0 radical (unpaired) electrons. The number of carboxylic acid groups (broad SMARTS) is 1. The molecular formula is C16H13F3N2O4S. The van der Waals surface area contributed by atoms with E-state index in [1.807, 2.05) is 0 Å². The molecule has 2 aromatic rings. The second-order valence-electron chi connectivity index (χ2n) is 5.64. The van der Waals surface area contributed by atoms with Crippen molar-refractivity contribution in [2.45, 2.75) is 25.2 Å². The molecule has 2 atom stereocenters. The van der Waals surface area contributed by atoms with Gasteiger partial charge in [-0.1, -0.05) is 6.07 Å². The Morgan fingerprint density at radius 2 is 2.15 bits per heavy atom. The van der Waals surface area contributed by atoms with Gasteiger partial charge in [-0.25, -0.2) is 9.78 Å². The van der Waals surface area contributed by atoms with Gasteiger partial charge in [-0.2, -0.15) is 13.2 Å². The summed E-state index contributed by atoms with van der Waals surface area (Å²) >= 11 is 1.25. The van der Waals surface area contributed by atoms with Crippen molar-refractivity contribution in [1.29, 1.82) is 0 Å². The largest absolute Gasteiger partial charge is 0.491 e. The highest BCUT2D eigenvalue weighted by molar-refractivity contribution is 7.09. The van der Waals surface area contributed by atoms with Crippen LogP contribution in [0, 0.1) is 0 Å². The Kier molecular flexibility index (Phi) is 4.61. The standard InChI is InChI=1S/C16H13F3N2O4S/c1-8(13-20-4-5-26-13)21(14(22)15(23)24)11-7-25-12-6-9(16(17,18)19)2-3-10(11)12/h2-6,8,11H,7H2,1H3,(H,23,24). The van der Waals surface area contributed by atoms with Crippen molar-refractivity contribution in [3.63, 3.8) is 0 Å². The third kappa shape index (κ3) is 3.24. The molecule has 6 nitrogen and oxygen atoms in total. The number of aromatic nitrogens is 1. The van der Waals surface area contributed by atoms with Crippen LogP contribution in [-0.4, -0.2) is 33.5 Å². The van der Waals surface area contributed by atoms with Crippen molar-refractivity contribution in [3.05, 3.63) is 45.9 Å². The van der Waals surface area contributed by atoms with Crippen LogP contribution in [0.4, 0.5) is 13.2 Å². The fourth-order valence-corrected chi connectivity index (χ4v) is 3.55. The third-order valence-corrected chi connectivity index (χ3v) is 5.02. The Balaban J connectivity index is 2.00. The van der Waals surface area contributed by atoms with Gasteiger partial charge in [-0.3, -0.25) is 4.79 Å². The molecule has 0 spiro atoms. The average molecular weight is 386 g/mol. The monoisotopic (exact) mass is 386 g/mol. The van der Waals surface area contributed by atoms with Crippen LogP contribution < -0.4 is 4.74 Å². The normalized spacial score (nSPS) is 17.3. The summed E-state index contributed by atoms with van der Waals surface area (Å²) in [5.74, 6) is -2.85. The molecule has 2 unspecified atom stereocenters. The average Bonchev–Trinajstić information content (AvgIpc) is 3.23. The number of carbonyl (C=O) groups excluding carboxylic acids is 1. The predicted molar refractivity (Wildman–Crippen MR) is 84.7 cm³/mol. The molecule has 1 N–H and O–H groups in total. The molecule has 1 aromatic heterocycles. The van der Waals surface area contributed by atoms with Crippen LogP contribution in [0.25, 0.3) is 0 Å². The number of hydrogen-bond donors (Lipinski definition) is 1. The van der Waals surface area contributed by atoms with Gasteiger partial charge in [0.25, 0.3) is 0 Å². The topological polar surface area (TPSA) is 79.7 Å². The fourth-order valence-electron chi connectivity index (χ4n) is 2.86. The van der Waals surface area contributed by atoms with Gasteiger partial charge in [-0.05, 0) is 19.1 Å². The third-order valence-electron chi connectivity index (χ3n) is 4.08. The van der Waals surface area contributed by atoms with Crippen molar-refractivity contribution >= 4 is 23.2 Å². The Labute approximate surface area is 149 Å². The smallest absolute Gasteiger partial charge is 0.416 e. The second kappa shape index (κ2) is 6.60. The maximum atomic E-state index is 12.9. The van der Waals surface area contributed by atoms with Gasteiger partial charge >= 0.3 is 18.1 Å². The summed E-state index contributed by atoms with van der Waals surface area (Å²) < 4.78 is 43.9. The predicted octanol–water partition coefficient (Wildman–Crippen LogP) is 3.27. The highest BCUT2D eigenvalue weighted by Crippen LogP contribution is 2.43. The number of ether oxygens (including phenoxy) is 1. The van der Waals surface area contributed by atoms with Gasteiger partial charge < -0.3 is 14.7 Å². The summed E-state index contributed by atoms with van der Waals surface area (Å²) in [5.41, 5.74) is -0.544. The lowest BCUT2D eigenvalue weighted by molar-refractivity contribution is -0.159. The van der Waals surface area contributed by atoms with Crippen LogP contribution in [0.5, 0.6) is 5.75 Å². The zero-order valence-electron chi connectivity index (χ0n) is 13.4. The number of fused-ring (bicyclic) bond motifs is 1. The molecule has 0 bridgehead atoms. The first kappa shape index (κ1) is 18.2. The second-order valence-corrected chi connectivity index (χ2v) is 6.57. The molecule has 1 aliphatic rings. The van der Waals surface area contributed by atoms with E-state index in [1.54, 1.807) is 12.3 Å². The van der Waals surface area contributed by atoms with Crippen LogP contribution in [-0.2, 0) is 15.8 Å². The molecule has 2 heterocycles. The number of amides is 1. The highest BCUT2D eigenvalue weighted by atomic mass is 32.1. The van der Waals surface area contributed by atoms with Crippen LogP contribution in [0.3, 0.4) is 0 Å². The van der Waals surface area contributed by atoms with Gasteiger partial charge in [0.05, 0.1) is 17.6 Å². The number of benzene rings is 1. The van der Waals surface area contributed by atoms with Gasteiger partial charge in [0, 0.05) is 17.1 Å². The van der Waals surface area contributed by atoms with Crippen molar-refractivity contribution in [3.8, 4) is 5.75 Å². The molecule has 10 heteroatoms. The van der Waals surface area contributed by atoms with E-state index in [2.05, 4.69) is 4.98 Å². The van der Waals surface area contributed by atoms with Crippen molar-refractivity contribution in [1.82, 2.24) is 9.88 Å². The zero-order valence-corrected chi connectivity index (χ0v) is 14.2. The number of hydrogen-bond acceptors (Lipinski definition) is 5. The minimum atomic E-state index is -4.53. The lowest BCUT2D eigenvalue weighted by atomic mass is 10.0. The number of rotatable bonds is 3. The van der Waals surface area contributed by atoms with Gasteiger partial charge in [-0.15, -0.1) is 11.3 Å². The summed E-state index contributed by atoms with van der Waals surface area (Å²) in [7, 11) is 0. The molecule has 1 aromatic carbocycles. The zero-order chi connectivity index (χ0) is 19.1. The molecule has 3 rings (SSSR count). The number of nitrogens with zero attached hydrogens (tertiary/aromatic N) is 2. The van der Waals surface area contributed by atoms with Gasteiger partial charge in [0.2, 0.25) is 0 Å². The summed E-state index contributed by atoms with van der Waals surface area (Å²) in [5, 5.41) is 11.4. The van der Waals surface area contributed by atoms with E-state index in [0.717, 1.165) is 17.0 Å². The van der Waals surface area contributed by atoms with E-state index >= 15 is 0 Å². The Bertz CT molecular complexity index is 839. The Morgan fingerprint density at radius 1 is 1.42 bits per heavy atom. The summed E-state index contributed by atoms with van der Waals surface area (Å²) in [6.07, 6.45) is -3.00. The number of halogens is 3. The lowest BCUT2D eigenvalue weighted by Crippen LogP contribution is -2.41. The van der Waals surface area contributed by atoms with Crippen LogP contribution in [0.1, 0.15) is 35.1 Å². The van der Waals surface area contributed by atoms with Crippen molar-refractivity contribution in [2.75, 3.05) is 6.61 Å². The van der Waals surface area contributed by atoms with E-state index in [0.29, 0.717) is 10.6 Å². The van der Waals surface area contributed by atoms with Crippen LogP contribution in [0.2, 0.25) is 0 Å². The van der Waals surface area contributed by atoms with Crippen molar-refractivity contribution < 1.29 is 32.6 Å². The van der Waals surface area contributed by atoms with E-state index in [-0.39, 0.29) is 12.4 Å². The van der Waals surface area contributed by atoms with E-state index in [9.17, 15) is 22.8 Å². The fraction of sp³-hybridized carbons (Fsp3) is 0.312. The maximum absolute atomic E-state index is 12.9. The van der Waals surface area contributed by atoms with E-state index in [1.165, 1.54) is 23.6 Å². The minimum absolute atomic E-state index is 0.0145. The van der Waals surface area contributed by atoms with Gasteiger partial charge in [0.1, 0.15) is 17.4 Å². The van der Waals surface area contributed by atoms with E-state index < -0.39 is 35.7 Å². The lowest BCUT2D eigenvalue weighted by Gasteiger charge is -2.31. The molecule has 1 aliphatic heterocycles. The summed E-state index contributed by atoms with van der Waals surface area (Å²) in [6, 6.07) is 1.45. The molecule has 0 fully saturated rings. The number of carboxylic acids is 1. The SMILES string of the molecule is CC(c1nccs1)N(C(=O)C(=O)O)C1COc2cc(C(F)(F)F)ccc21.